The number of alkyl carbamates (subject to hydrolysis) is 1. The number of rotatable bonds is 3. The lowest BCUT2D eigenvalue weighted by Crippen LogP contribution is -2.32. The molecule has 3 nitrogen and oxygen atoms in total. The van der Waals surface area contributed by atoms with Crippen molar-refractivity contribution in [2.24, 2.45) is 0 Å². The molecule has 0 aliphatic heterocycles. The van der Waals surface area contributed by atoms with Crippen LogP contribution in [0.1, 0.15) is 37.5 Å². The van der Waals surface area contributed by atoms with Gasteiger partial charge in [0.25, 0.3) is 0 Å². The van der Waals surface area contributed by atoms with Gasteiger partial charge in [0, 0.05) is 6.54 Å². The molecule has 0 unspecified atom stereocenters. The Labute approximate surface area is 121 Å². The van der Waals surface area contributed by atoms with E-state index in [2.05, 4.69) is 11.9 Å². The summed E-state index contributed by atoms with van der Waals surface area (Å²) in [7, 11) is 0. The Hall–Kier alpha value is -1.98. The number of nitrogens with one attached hydrogen (secondary N) is 1. The van der Waals surface area contributed by atoms with Crippen molar-refractivity contribution in [1.82, 2.24) is 5.32 Å². The molecule has 0 heterocycles. The summed E-state index contributed by atoms with van der Waals surface area (Å²) in [5.74, 6) is 0. The van der Waals surface area contributed by atoms with E-state index in [0.717, 1.165) is 12.1 Å². The maximum absolute atomic E-state index is 12.7. The average molecular weight is 301 g/mol. The Morgan fingerprint density at radius 2 is 1.95 bits per heavy atom. The molecule has 0 aliphatic carbocycles. The molecule has 0 fully saturated rings. The molecule has 1 aromatic carbocycles. The number of hydrogen-bond donors (Lipinski definition) is 1. The van der Waals surface area contributed by atoms with Gasteiger partial charge in [-0.15, -0.1) is 0 Å². The van der Waals surface area contributed by atoms with Crippen LogP contribution in [0.3, 0.4) is 0 Å². The zero-order valence-corrected chi connectivity index (χ0v) is 12.2. The Kier molecular flexibility index (Phi) is 5.04. The Bertz CT molecular complexity index is 531. The van der Waals surface area contributed by atoms with Crippen LogP contribution in [-0.4, -0.2) is 11.7 Å². The van der Waals surface area contributed by atoms with Gasteiger partial charge in [-0.3, -0.25) is 0 Å². The van der Waals surface area contributed by atoms with Gasteiger partial charge >= 0.3 is 12.3 Å². The van der Waals surface area contributed by atoms with Crippen LogP contribution in [0.15, 0.2) is 24.8 Å². The van der Waals surface area contributed by atoms with Gasteiger partial charge in [0.15, 0.2) is 0 Å². The summed E-state index contributed by atoms with van der Waals surface area (Å²) in [6.07, 6.45) is -3.68. The second-order valence-corrected chi connectivity index (χ2v) is 5.47. The van der Waals surface area contributed by atoms with Crippen LogP contribution in [0.25, 0.3) is 6.08 Å². The third-order valence-corrected chi connectivity index (χ3v) is 2.51. The lowest BCUT2D eigenvalue weighted by atomic mass is 10.0. The fraction of sp³-hybridized carbons (Fsp3) is 0.400. The molecule has 0 saturated heterocycles. The van der Waals surface area contributed by atoms with Gasteiger partial charge in [-0.2, -0.15) is 13.2 Å². The Balaban J connectivity index is 2.86. The fourth-order valence-corrected chi connectivity index (χ4v) is 1.62. The molecule has 1 rings (SSSR count). The van der Waals surface area contributed by atoms with Crippen LogP contribution < -0.4 is 5.32 Å². The molecule has 0 spiro atoms. The minimum Gasteiger partial charge on any atom is -0.444 e. The molecule has 0 bridgehead atoms. The smallest absolute Gasteiger partial charge is 0.416 e. The number of halogens is 3. The monoisotopic (exact) mass is 301 g/mol. The highest BCUT2D eigenvalue weighted by Crippen LogP contribution is 2.30. The van der Waals surface area contributed by atoms with Gasteiger partial charge < -0.3 is 10.1 Å². The topological polar surface area (TPSA) is 38.3 Å². The van der Waals surface area contributed by atoms with Crippen molar-refractivity contribution in [3.63, 3.8) is 0 Å². The van der Waals surface area contributed by atoms with E-state index in [1.165, 1.54) is 12.1 Å². The second-order valence-electron chi connectivity index (χ2n) is 5.47. The summed E-state index contributed by atoms with van der Waals surface area (Å²) in [5, 5.41) is 2.43. The Morgan fingerprint density at radius 3 is 2.43 bits per heavy atom. The van der Waals surface area contributed by atoms with Gasteiger partial charge in [0.1, 0.15) is 5.60 Å². The van der Waals surface area contributed by atoms with E-state index < -0.39 is 23.4 Å². The van der Waals surface area contributed by atoms with Gasteiger partial charge in [-0.1, -0.05) is 18.7 Å². The van der Waals surface area contributed by atoms with E-state index in [-0.39, 0.29) is 6.54 Å². The summed E-state index contributed by atoms with van der Waals surface area (Å²) in [5.41, 5.74) is -0.585. The standard InChI is InChI=1S/C15H18F3NO2/c1-5-10-6-7-12(15(16,17)18)8-11(10)9-19-13(20)21-14(2,3)4/h5-8H,1,9H2,2-4H3,(H,19,20). The first-order valence-electron chi connectivity index (χ1n) is 6.32. The van der Waals surface area contributed by atoms with Crippen molar-refractivity contribution in [2.75, 3.05) is 0 Å². The zero-order chi connectivity index (χ0) is 16.3. The van der Waals surface area contributed by atoms with Crippen LogP contribution in [0.5, 0.6) is 0 Å². The molecule has 0 atom stereocenters. The largest absolute Gasteiger partial charge is 0.444 e. The van der Waals surface area contributed by atoms with Gasteiger partial charge in [-0.05, 0) is 44.0 Å². The van der Waals surface area contributed by atoms with Crippen LogP contribution in [0, 0.1) is 0 Å². The van der Waals surface area contributed by atoms with E-state index in [9.17, 15) is 18.0 Å². The zero-order valence-electron chi connectivity index (χ0n) is 12.2. The van der Waals surface area contributed by atoms with E-state index in [1.807, 2.05) is 0 Å². The SMILES string of the molecule is C=Cc1ccc(C(F)(F)F)cc1CNC(=O)OC(C)(C)C. The summed E-state index contributed by atoms with van der Waals surface area (Å²) in [6.45, 7) is 8.58. The molecule has 1 amide bonds. The first kappa shape index (κ1) is 17.1. The van der Waals surface area contributed by atoms with Gasteiger partial charge in [0.05, 0.1) is 5.56 Å². The number of amides is 1. The van der Waals surface area contributed by atoms with E-state index in [4.69, 9.17) is 4.74 Å². The molecule has 1 N–H and O–H groups in total. The van der Waals surface area contributed by atoms with Crippen LogP contribution in [0.2, 0.25) is 0 Å². The second kappa shape index (κ2) is 6.20. The highest BCUT2D eigenvalue weighted by molar-refractivity contribution is 5.68. The maximum Gasteiger partial charge on any atom is 0.416 e. The predicted octanol–water partition coefficient (Wildman–Crippen LogP) is 4.37. The van der Waals surface area contributed by atoms with Gasteiger partial charge in [-0.25, -0.2) is 4.79 Å². The number of ether oxygens (including phenoxy) is 1. The lowest BCUT2D eigenvalue weighted by Gasteiger charge is -2.20. The van der Waals surface area contributed by atoms with E-state index in [0.29, 0.717) is 11.1 Å². The van der Waals surface area contributed by atoms with Crippen molar-refractivity contribution >= 4 is 12.2 Å². The van der Waals surface area contributed by atoms with Crippen molar-refractivity contribution in [3.8, 4) is 0 Å². The molecule has 1 aromatic rings. The minimum absolute atomic E-state index is 0.0693. The summed E-state index contributed by atoms with van der Waals surface area (Å²) in [4.78, 5) is 11.5. The maximum atomic E-state index is 12.7. The van der Waals surface area contributed by atoms with E-state index >= 15 is 0 Å². The molecule has 116 valence electrons. The van der Waals surface area contributed by atoms with Crippen molar-refractivity contribution in [1.29, 1.82) is 0 Å². The lowest BCUT2D eigenvalue weighted by molar-refractivity contribution is -0.137. The van der Waals surface area contributed by atoms with E-state index in [1.54, 1.807) is 20.8 Å². The third-order valence-electron chi connectivity index (χ3n) is 2.51. The quantitative estimate of drug-likeness (QED) is 0.900. The molecule has 0 radical (unpaired) electrons. The predicted molar refractivity (Wildman–Crippen MR) is 74.6 cm³/mol. The van der Waals surface area contributed by atoms with Gasteiger partial charge in [0.2, 0.25) is 0 Å². The molecular weight excluding hydrogens is 283 g/mol. The number of hydrogen-bond acceptors (Lipinski definition) is 2. The Morgan fingerprint density at radius 1 is 1.33 bits per heavy atom. The summed E-state index contributed by atoms with van der Waals surface area (Å²) in [6, 6.07) is 3.30. The van der Waals surface area contributed by atoms with Crippen LogP contribution in [0.4, 0.5) is 18.0 Å². The first-order valence-corrected chi connectivity index (χ1v) is 6.32. The molecule has 21 heavy (non-hydrogen) atoms. The number of carbonyl (C=O) groups excluding carboxylic acids is 1. The minimum atomic E-state index is -4.43. The number of alkyl halides is 3. The van der Waals surface area contributed by atoms with Crippen molar-refractivity contribution < 1.29 is 22.7 Å². The molecule has 0 saturated carbocycles. The van der Waals surface area contributed by atoms with Crippen molar-refractivity contribution in [3.05, 3.63) is 41.5 Å². The molecular formula is C15H18F3NO2. The summed E-state index contributed by atoms with van der Waals surface area (Å²) < 4.78 is 43.1. The van der Waals surface area contributed by atoms with Crippen LogP contribution in [-0.2, 0) is 17.5 Å². The van der Waals surface area contributed by atoms with Crippen LogP contribution >= 0.6 is 0 Å². The van der Waals surface area contributed by atoms with Crippen molar-refractivity contribution in [2.45, 2.75) is 39.1 Å². The average Bonchev–Trinajstić information content (AvgIpc) is 2.32. The normalized spacial score (nSPS) is 11.9. The highest BCUT2D eigenvalue weighted by atomic mass is 19.4. The number of carbonyl (C=O) groups is 1. The third kappa shape index (κ3) is 5.49. The number of benzene rings is 1. The highest BCUT2D eigenvalue weighted by Gasteiger charge is 2.30. The fourth-order valence-electron chi connectivity index (χ4n) is 1.62. The molecule has 6 heteroatoms. The summed E-state index contributed by atoms with van der Waals surface area (Å²) >= 11 is 0. The molecule has 0 aromatic heterocycles. The molecule has 0 aliphatic rings. The first-order chi connectivity index (χ1) is 9.53.